The van der Waals surface area contributed by atoms with E-state index in [9.17, 15) is 21.6 Å². The number of rotatable bonds is 3. The lowest BCUT2D eigenvalue weighted by Crippen LogP contribution is -2.28. The van der Waals surface area contributed by atoms with Gasteiger partial charge in [0.1, 0.15) is 11.6 Å². The maximum Gasteiger partial charge on any atom is 0.534 e. The number of nitrogens with one attached hydrogen (secondary N) is 1. The molecule has 5 nitrogen and oxygen atoms in total. The molecule has 1 N–H and O–H groups in total. The van der Waals surface area contributed by atoms with E-state index < -0.39 is 21.4 Å². The Morgan fingerprint density at radius 3 is 2.56 bits per heavy atom. The Hall–Kier alpha value is -1.51. The van der Waals surface area contributed by atoms with Gasteiger partial charge in [0.05, 0.1) is 0 Å². The van der Waals surface area contributed by atoms with Gasteiger partial charge in [0.25, 0.3) is 0 Å². The molecule has 16 heavy (non-hydrogen) atoms. The highest BCUT2D eigenvalue weighted by Gasteiger charge is 2.48. The minimum Gasteiger partial charge on any atom is -0.376 e. The van der Waals surface area contributed by atoms with E-state index in [1.54, 1.807) is 0 Å². The third-order valence-electron chi connectivity index (χ3n) is 1.48. The van der Waals surface area contributed by atoms with Gasteiger partial charge in [-0.2, -0.15) is 21.6 Å². The molecule has 9 heteroatoms. The van der Waals surface area contributed by atoms with Crippen molar-refractivity contribution in [1.29, 1.82) is 0 Å². The Morgan fingerprint density at radius 1 is 1.44 bits per heavy atom. The molecule has 0 aliphatic carbocycles. The van der Waals surface area contributed by atoms with Crippen LogP contribution in [-0.2, 0) is 10.1 Å². The predicted octanol–water partition coefficient (Wildman–Crippen LogP) is 1.35. The summed E-state index contributed by atoms with van der Waals surface area (Å²) in [5.41, 5.74) is -5.45. The van der Waals surface area contributed by atoms with Crippen LogP contribution in [-0.4, -0.2) is 26.0 Å². The maximum atomic E-state index is 12.0. The van der Waals surface area contributed by atoms with Gasteiger partial charge in [-0.15, -0.1) is 0 Å². The number of pyridine rings is 1. The highest BCUT2D eigenvalue weighted by Crippen LogP contribution is 2.27. The summed E-state index contributed by atoms with van der Waals surface area (Å²) in [4.78, 5) is 3.68. The summed E-state index contributed by atoms with van der Waals surface area (Å²) in [6, 6.07) is 2.04. The van der Waals surface area contributed by atoms with Gasteiger partial charge < -0.3 is 9.50 Å². The summed E-state index contributed by atoms with van der Waals surface area (Å²) < 4.78 is 61.0. The standard InChI is InChI=1S/C7H7F3N2O3S/c1-11-6-4-5(2-3-12-6)15-16(13,14)7(8,9)10/h2-4H,1H3,(H,11,12). The number of alkyl halides is 3. The normalized spacial score (nSPS) is 12.2. The van der Waals surface area contributed by atoms with Crippen molar-refractivity contribution >= 4 is 15.9 Å². The van der Waals surface area contributed by atoms with Crippen molar-refractivity contribution in [2.24, 2.45) is 0 Å². The average Bonchev–Trinajstić information content (AvgIpc) is 2.15. The number of hydrogen-bond donors (Lipinski definition) is 1. The summed E-state index contributed by atoms with van der Waals surface area (Å²) in [6.45, 7) is 0. The molecule has 1 heterocycles. The molecular weight excluding hydrogens is 249 g/mol. The molecule has 0 radical (unpaired) electrons. The third kappa shape index (κ3) is 2.75. The Balaban J connectivity index is 2.97. The van der Waals surface area contributed by atoms with E-state index in [4.69, 9.17) is 0 Å². The second-order valence-corrected chi connectivity index (χ2v) is 4.15. The Kier molecular flexibility index (Phi) is 3.27. The van der Waals surface area contributed by atoms with E-state index in [0.717, 1.165) is 18.3 Å². The molecular formula is C7H7F3N2O3S. The summed E-state index contributed by atoms with van der Waals surface area (Å²) in [6.07, 6.45) is 1.12. The summed E-state index contributed by atoms with van der Waals surface area (Å²) in [7, 11) is -4.15. The summed E-state index contributed by atoms with van der Waals surface area (Å²) in [5.74, 6) is -0.272. The van der Waals surface area contributed by atoms with Gasteiger partial charge in [-0.3, -0.25) is 0 Å². The van der Waals surface area contributed by atoms with Gasteiger partial charge in [0.15, 0.2) is 0 Å². The smallest absolute Gasteiger partial charge is 0.376 e. The Morgan fingerprint density at radius 2 is 2.06 bits per heavy atom. The lowest BCUT2D eigenvalue weighted by molar-refractivity contribution is -0.0500. The zero-order chi connectivity index (χ0) is 12.4. The molecule has 0 fully saturated rings. The lowest BCUT2D eigenvalue weighted by atomic mass is 10.4. The van der Waals surface area contributed by atoms with Crippen molar-refractivity contribution in [2.75, 3.05) is 12.4 Å². The monoisotopic (exact) mass is 256 g/mol. The van der Waals surface area contributed by atoms with Crippen LogP contribution in [0.5, 0.6) is 5.75 Å². The molecule has 1 rings (SSSR count). The number of anilines is 1. The molecule has 0 atom stereocenters. The van der Waals surface area contributed by atoms with Crippen LogP contribution in [0, 0.1) is 0 Å². The second kappa shape index (κ2) is 4.16. The first kappa shape index (κ1) is 12.6. The number of nitrogens with zero attached hydrogens (tertiary/aromatic N) is 1. The fourth-order valence-electron chi connectivity index (χ4n) is 0.774. The van der Waals surface area contributed by atoms with E-state index in [2.05, 4.69) is 14.5 Å². The van der Waals surface area contributed by atoms with E-state index >= 15 is 0 Å². The van der Waals surface area contributed by atoms with Crippen LogP contribution in [0.15, 0.2) is 18.3 Å². The lowest BCUT2D eigenvalue weighted by Gasteiger charge is -2.09. The zero-order valence-corrected chi connectivity index (χ0v) is 8.76. The van der Waals surface area contributed by atoms with E-state index in [1.807, 2.05) is 0 Å². The van der Waals surface area contributed by atoms with Gasteiger partial charge in [0, 0.05) is 25.4 Å². The fourth-order valence-corrected chi connectivity index (χ4v) is 1.23. The first-order valence-electron chi connectivity index (χ1n) is 3.91. The molecule has 0 amide bonds. The minimum absolute atomic E-state index is 0.190. The number of halogens is 3. The van der Waals surface area contributed by atoms with Crippen molar-refractivity contribution in [3.63, 3.8) is 0 Å². The van der Waals surface area contributed by atoms with Crippen LogP contribution in [0.25, 0.3) is 0 Å². The molecule has 0 saturated heterocycles. The van der Waals surface area contributed by atoms with E-state index in [1.165, 1.54) is 7.05 Å². The molecule has 0 aliphatic heterocycles. The van der Waals surface area contributed by atoms with Crippen LogP contribution in [0.1, 0.15) is 0 Å². The molecule has 0 aliphatic rings. The van der Waals surface area contributed by atoms with Gasteiger partial charge in [-0.1, -0.05) is 0 Å². The second-order valence-electron chi connectivity index (χ2n) is 2.61. The largest absolute Gasteiger partial charge is 0.534 e. The Bertz CT molecular complexity index is 472. The van der Waals surface area contributed by atoms with E-state index in [-0.39, 0.29) is 5.82 Å². The van der Waals surface area contributed by atoms with Crippen LogP contribution >= 0.6 is 0 Å². The zero-order valence-electron chi connectivity index (χ0n) is 7.95. The quantitative estimate of drug-likeness (QED) is 0.653. The molecule has 0 aromatic carbocycles. The van der Waals surface area contributed by atoms with Crippen LogP contribution in [0.2, 0.25) is 0 Å². The number of hydrogen-bond acceptors (Lipinski definition) is 5. The Labute approximate surface area is 89.4 Å². The maximum absolute atomic E-state index is 12.0. The highest BCUT2D eigenvalue weighted by molar-refractivity contribution is 7.87. The van der Waals surface area contributed by atoms with E-state index in [0.29, 0.717) is 0 Å². The number of aromatic nitrogens is 1. The van der Waals surface area contributed by atoms with Crippen molar-refractivity contribution in [3.8, 4) is 5.75 Å². The van der Waals surface area contributed by atoms with Crippen LogP contribution < -0.4 is 9.50 Å². The highest BCUT2D eigenvalue weighted by atomic mass is 32.2. The predicted molar refractivity (Wildman–Crippen MR) is 49.4 cm³/mol. The van der Waals surface area contributed by atoms with Gasteiger partial charge in [-0.05, 0) is 0 Å². The fraction of sp³-hybridized carbons (Fsp3) is 0.286. The first-order chi connectivity index (χ1) is 7.26. The molecule has 90 valence electrons. The third-order valence-corrected chi connectivity index (χ3v) is 2.46. The summed E-state index contributed by atoms with van der Waals surface area (Å²) in [5, 5.41) is 2.52. The van der Waals surface area contributed by atoms with Crippen molar-refractivity contribution in [2.45, 2.75) is 5.51 Å². The van der Waals surface area contributed by atoms with Crippen molar-refractivity contribution in [1.82, 2.24) is 4.98 Å². The molecule has 0 spiro atoms. The average molecular weight is 256 g/mol. The molecule has 1 aromatic rings. The van der Waals surface area contributed by atoms with Crippen LogP contribution in [0.4, 0.5) is 19.0 Å². The van der Waals surface area contributed by atoms with Crippen molar-refractivity contribution < 1.29 is 25.8 Å². The molecule has 0 bridgehead atoms. The minimum atomic E-state index is -5.63. The molecule has 0 unspecified atom stereocenters. The van der Waals surface area contributed by atoms with Gasteiger partial charge >= 0.3 is 15.6 Å². The first-order valence-corrected chi connectivity index (χ1v) is 5.31. The van der Waals surface area contributed by atoms with Crippen LogP contribution in [0.3, 0.4) is 0 Å². The topological polar surface area (TPSA) is 68.3 Å². The summed E-state index contributed by atoms with van der Waals surface area (Å²) >= 11 is 0. The molecule has 1 aromatic heterocycles. The van der Waals surface area contributed by atoms with Gasteiger partial charge in [0.2, 0.25) is 0 Å². The van der Waals surface area contributed by atoms with Crippen molar-refractivity contribution in [3.05, 3.63) is 18.3 Å². The van der Waals surface area contributed by atoms with Gasteiger partial charge in [-0.25, -0.2) is 4.98 Å². The molecule has 0 saturated carbocycles. The SMILES string of the molecule is CNc1cc(OS(=O)(=O)C(F)(F)F)ccn1.